The van der Waals surface area contributed by atoms with Gasteiger partial charge in [0, 0.05) is 23.0 Å². The number of nitrogens with zero attached hydrogens (tertiary/aromatic N) is 1. The molecule has 0 amide bonds. The van der Waals surface area contributed by atoms with Crippen molar-refractivity contribution in [1.82, 2.24) is 4.98 Å². The molecule has 0 aliphatic rings. The highest BCUT2D eigenvalue weighted by molar-refractivity contribution is 7.98. The summed E-state index contributed by atoms with van der Waals surface area (Å²) in [6, 6.07) is 12.0. The third-order valence-corrected chi connectivity index (χ3v) is 3.85. The Bertz CT molecular complexity index is 494. The number of aromatic nitrogens is 1. The van der Waals surface area contributed by atoms with Gasteiger partial charge in [-0.3, -0.25) is 0 Å². The smallest absolute Gasteiger partial charge is 0.0963 e. The van der Waals surface area contributed by atoms with Crippen LogP contribution in [0.15, 0.2) is 47.6 Å². The summed E-state index contributed by atoms with van der Waals surface area (Å²) in [5.41, 5.74) is 8.08. The second kappa shape index (κ2) is 6.23. The molecule has 2 N–H and O–H groups in total. The number of halogens is 1. The van der Waals surface area contributed by atoms with Gasteiger partial charge in [0.1, 0.15) is 0 Å². The van der Waals surface area contributed by atoms with Crippen molar-refractivity contribution in [3.8, 4) is 0 Å². The monoisotopic (exact) mass is 278 g/mol. The largest absolute Gasteiger partial charge is 0.324 e. The molecule has 0 fully saturated rings. The summed E-state index contributed by atoms with van der Waals surface area (Å²) in [7, 11) is 0. The molecule has 1 aromatic heterocycles. The Morgan fingerprint density at radius 2 is 1.94 bits per heavy atom. The minimum Gasteiger partial charge on any atom is -0.324 e. The summed E-state index contributed by atoms with van der Waals surface area (Å²) >= 11 is 7.55. The van der Waals surface area contributed by atoms with Gasteiger partial charge in [0.25, 0.3) is 0 Å². The maximum atomic E-state index is 5.84. The first kappa shape index (κ1) is 13.4. The Labute approximate surface area is 117 Å². The molecule has 1 aromatic carbocycles. The molecule has 0 radical (unpaired) electrons. The number of benzene rings is 1. The van der Waals surface area contributed by atoms with Crippen molar-refractivity contribution in [2.45, 2.75) is 23.7 Å². The number of hydrogen-bond donors (Lipinski definition) is 1. The van der Waals surface area contributed by atoms with E-state index in [0.717, 1.165) is 21.4 Å². The second-order valence-electron chi connectivity index (χ2n) is 4.13. The summed E-state index contributed by atoms with van der Waals surface area (Å²) in [6.07, 6.45) is 1.84. The van der Waals surface area contributed by atoms with E-state index in [0.29, 0.717) is 0 Å². The van der Waals surface area contributed by atoms with E-state index in [4.69, 9.17) is 17.3 Å². The molecule has 0 saturated heterocycles. The quantitative estimate of drug-likeness (QED) is 0.858. The third kappa shape index (κ3) is 3.73. The zero-order valence-electron chi connectivity index (χ0n) is 10.1. The first-order valence-electron chi connectivity index (χ1n) is 5.74. The van der Waals surface area contributed by atoms with Gasteiger partial charge in [-0.25, -0.2) is 4.98 Å². The fourth-order valence-electron chi connectivity index (χ4n) is 1.48. The van der Waals surface area contributed by atoms with Crippen molar-refractivity contribution >= 4 is 23.4 Å². The van der Waals surface area contributed by atoms with Crippen LogP contribution in [0.2, 0.25) is 5.02 Å². The van der Waals surface area contributed by atoms with E-state index < -0.39 is 0 Å². The minimum absolute atomic E-state index is 0.0350. The molecule has 2 nitrogen and oxygen atoms in total. The molecular formula is C14H15ClN2S. The molecule has 94 valence electrons. The molecule has 0 saturated carbocycles. The van der Waals surface area contributed by atoms with E-state index in [9.17, 15) is 0 Å². The van der Waals surface area contributed by atoms with E-state index in [-0.39, 0.29) is 6.04 Å². The van der Waals surface area contributed by atoms with Gasteiger partial charge < -0.3 is 5.73 Å². The van der Waals surface area contributed by atoms with Gasteiger partial charge in [-0.1, -0.05) is 29.8 Å². The van der Waals surface area contributed by atoms with Crippen molar-refractivity contribution in [2.75, 3.05) is 0 Å². The Morgan fingerprint density at radius 3 is 2.50 bits per heavy atom. The average Bonchev–Trinajstić information content (AvgIpc) is 2.38. The first-order valence-corrected chi connectivity index (χ1v) is 7.10. The number of thioether (sulfide) groups is 1. The fourth-order valence-corrected chi connectivity index (χ4v) is 2.41. The topological polar surface area (TPSA) is 38.9 Å². The number of pyridine rings is 1. The van der Waals surface area contributed by atoms with E-state index in [1.165, 1.54) is 5.56 Å². The van der Waals surface area contributed by atoms with Crippen LogP contribution in [-0.4, -0.2) is 4.98 Å². The van der Waals surface area contributed by atoms with Crippen molar-refractivity contribution in [1.29, 1.82) is 0 Å². The van der Waals surface area contributed by atoms with Gasteiger partial charge >= 0.3 is 0 Å². The lowest BCUT2D eigenvalue weighted by Gasteiger charge is -2.06. The Kier molecular flexibility index (Phi) is 4.64. The Balaban J connectivity index is 1.95. The second-order valence-corrected chi connectivity index (χ2v) is 5.57. The molecule has 1 heterocycles. The Morgan fingerprint density at radius 1 is 1.22 bits per heavy atom. The summed E-state index contributed by atoms with van der Waals surface area (Å²) in [6.45, 7) is 1.96. The van der Waals surface area contributed by atoms with Crippen LogP contribution in [0.25, 0.3) is 0 Å². The predicted octanol–water partition coefficient (Wildman–Crippen LogP) is 4.05. The average molecular weight is 279 g/mol. The normalized spacial score (nSPS) is 12.4. The minimum atomic E-state index is 0.0350. The maximum Gasteiger partial charge on any atom is 0.0963 e. The molecule has 2 rings (SSSR count). The summed E-state index contributed by atoms with van der Waals surface area (Å²) in [4.78, 5) is 4.39. The molecule has 2 aromatic rings. The molecule has 1 atom stereocenters. The standard InChI is InChI=1S/C14H15ClN2S/c1-10(16)12-4-7-14(17-8-12)18-9-11-2-5-13(15)6-3-11/h2-8,10H,9,16H2,1H3/t10-/m0/s1. The molecule has 0 aliphatic heterocycles. The molecule has 4 heteroatoms. The predicted molar refractivity (Wildman–Crippen MR) is 77.9 cm³/mol. The van der Waals surface area contributed by atoms with Crippen molar-refractivity contribution in [3.05, 3.63) is 58.7 Å². The van der Waals surface area contributed by atoms with E-state index in [1.54, 1.807) is 11.8 Å². The lowest BCUT2D eigenvalue weighted by Crippen LogP contribution is -2.04. The van der Waals surface area contributed by atoms with E-state index in [1.807, 2.05) is 49.5 Å². The van der Waals surface area contributed by atoms with Crippen molar-refractivity contribution in [2.24, 2.45) is 5.73 Å². The summed E-state index contributed by atoms with van der Waals surface area (Å²) < 4.78 is 0. The van der Waals surface area contributed by atoms with Gasteiger partial charge in [0.2, 0.25) is 0 Å². The van der Waals surface area contributed by atoms with Crippen molar-refractivity contribution < 1.29 is 0 Å². The highest BCUT2D eigenvalue weighted by Crippen LogP contribution is 2.22. The van der Waals surface area contributed by atoms with E-state index in [2.05, 4.69) is 4.98 Å². The SMILES string of the molecule is C[C@H](N)c1ccc(SCc2ccc(Cl)cc2)nc1. The molecule has 0 unspecified atom stereocenters. The molecule has 18 heavy (non-hydrogen) atoms. The van der Waals surface area contributed by atoms with Crippen LogP contribution < -0.4 is 5.73 Å². The maximum absolute atomic E-state index is 5.84. The molecular weight excluding hydrogens is 264 g/mol. The Hall–Kier alpha value is -1.03. The van der Waals surface area contributed by atoms with Gasteiger partial charge in [-0.2, -0.15) is 0 Å². The summed E-state index contributed by atoms with van der Waals surface area (Å²) in [5.74, 6) is 0.891. The third-order valence-electron chi connectivity index (χ3n) is 2.58. The van der Waals surface area contributed by atoms with Crippen LogP contribution in [0.3, 0.4) is 0 Å². The van der Waals surface area contributed by atoms with Crippen LogP contribution in [0.5, 0.6) is 0 Å². The highest BCUT2D eigenvalue weighted by atomic mass is 35.5. The van der Waals surface area contributed by atoms with Crippen LogP contribution >= 0.6 is 23.4 Å². The lowest BCUT2D eigenvalue weighted by atomic mass is 10.2. The zero-order chi connectivity index (χ0) is 13.0. The fraction of sp³-hybridized carbons (Fsp3) is 0.214. The highest BCUT2D eigenvalue weighted by Gasteiger charge is 2.01. The first-order chi connectivity index (χ1) is 8.65. The van der Waals surface area contributed by atoms with Crippen LogP contribution in [0.4, 0.5) is 0 Å². The van der Waals surface area contributed by atoms with Crippen LogP contribution in [0.1, 0.15) is 24.1 Å². The molecule has 0 spiro atoms. The summed E-state index contributed by atoms with van der Waals surface area (Å²) in [5, 5.41) is 1.78. The van der Waals surface area contributed by atoms with Gasteiger partial charge in [0.15, 0.2) is 0 Å². The van der Waals surface area contributed by atoms with E-state index >= 15 is 0 Å². The molecule has 0 aliphatic carbocycles. The number of rotatable bonds is 4. The number of nitrogens with two attached hydrogens (primary N) is 1. The van der Waals surface area contributed by atoms with Gasteiger partial charge in [-0.15, -0.1) is 11.8 Å². The van der Waals surface area contributed by atoms with Gasteiger partial charge in [0.05, 0.1) is 5.03 Å². The lowest BCUT2D eigenvalue weighted by molar-refractivity contribution is 0.806. The van der Waals surface area contributed by atoms with Crippen LogP contribution in [-0.2, 0) is 5.75 Å². The van der Waals surface area contributed by atoms with Crippen molar-refractivity contribution in [3.63, 3.8) is 0 Å². The van der Waals surface area contributed by atoms with Gasteiger partial charge in [-0.05, 0) is 36.2 Å². The molecule has 0 bridgehead atoms. The zero-order valence-corrected chi connectivity index (χ0v) is 11.7. The number of hydrogen-bond acceptors (Lipinski definition) is 3. The van der Waals surface area contributed by atoms with Crippen LogP contribution in [0, 0.1) is 0 Å².